The van der Waals surface area contributed by atoms with Crippen LogP contribution in [0.5, 0.6) is 0 Å². The van der Waals surface area contributed by atoms with Crippen LogP contribution in [0.3, 0.4) is 0 Å². The van der Waals surface area contributed by atoms with Crippen LogP contribution in [0.25, 0.3) is 187 Å². The quantitative estimate of drug-likeness (QED) is 0.104. The van der Waals surface area contributed by atoms with E-state index in [1.165, 1.54) is 181 Å². The van der Waals surface area contributed by atoms with Gasteiger partial charge in [0.05, 0.1) is 22.1 Å². The number of fused-ring (bicyclic) bond motifs is 10. The Kier molecular flexibility index (Phi) is 18.6. The van der Waals surface area contributed by atoms with Crippen LogP contribution in [0.4, 0.5) is 28.4 Å². The van der Waals surface area contributed by atoms with Crippen LogP contribution in [-0.2, 0) is 0 Å². The highest BCUT2D eigenvalue weighted by Crippen LogP contribution is 2.47. The largest absolute Gasteiger partial charge is 0.356 e. The third-order valence-electron chi connectivity index (χ3n) is 24.4. The first kappa shape index (κ1) is 72.3. The second-order valence-corrected chi connectivity index (χ2v) is 31.5. The molecular weight excluding hydrogens is 1470 g/mol. The van der Waals surface area contributed by atoms with Gasteiger partial charge in [-0.3, -0.25) is 0 Å². The highest BCUT2D eigenvalue weighted by atomic mass is 15.1. The first-order valence-corrected chi connectivity index (χ1v) is 41.9. The molecule has 572 valence electrons. The average Bonchev–Trinajstić information content (AvgIpc) is 1.38. The van der Waals surface area contributed by atoms with Gasteiger partial charge in [0.2, 0.25) is 0 Å². The van der Waals surface area contributed by atoms with Gasteiger partial charge in [0.15, 0.2) is 0 Å². The maximum Gasteiger partial charge on any atom is 0.0541 e. The number of benzene rings is 21. The van der Waals surface area contributed by atoms with Crippen LogP contribution in [0, 0.1) is 0 Å². The molecule has 0 saturated carbocycles. The fourth-order valence-electron chi connectivity index (χ4n) is 18.5. The summed E-state index contributed by atoms with van der Waals surface area (Å²) in [5.41, 5.74) is 32.0. The van der Waals surface area contributed by atoms with Crippen LogP contribution in [-0.4, -0.2) is 9.13 Å². The number of nitrogens with one attached hydrogen (secondary N) is 1. The molecule has 122 heavy (non-hydrogen) atoms. The number of anilines is 5. The van der Waals surface area contributed by atoms with Gasteiger partial charge in [0, 0.05) is 61.4 Å². The highest BCUT2D eigenvalue weighted by Gasteiger charge is 2.22. The zero-order valence-electron chi connectivity index (χ0n) is 67.0. The molecule has 1 N–H and O–H groups in total. The predicted octanol–water partition coefficient (Wildman–Crippen LogP) is 32.7. The third-order valence-corrected chi connectivity index (χ3v) is 24.4. The van der Waals surface area contributed by atoms with Crippen molar-refractivity contribution < 1.29 is 0 Å². The fraction of sp³-hybridized carbons (Fsp3) is 0. The summed E-state index contributed by atoms with van der Waals surface area (Å²) in [6, 6.07) is 174. The summed E-state index contributed by atoms with van der Waals surface area (Å²) in [7, 11) is 0. The smallest absolute Gasteiger partial charge is 0.0541 e. The summed E-state index contributed by atoms with van der Waals surface area (Å²) in [6.07, 6.45) is 0. The van der Waals surface area contributed by atoms with E-state index in [2.05, 4.69) is 499 Å². The van der Waals surface area contributed by atoms with Gasteiger partial charge in [-0.2, -0.15) is 0 Å². The SMILES string of the molecule is c1ccc(-c2c3ccccc3c(-c3ccc(N(c4ccc(-c5ccc(-c6cccc7ccccc67)cc5)cc4)c4ccc(-c5ccc6c(c5)c5ccccc5n6-c5ccccc5)cc4)cc3)c3ccccc23)cc1.c1ccc(-n2c3ccccc3c3cc(-c4ccc(Nc5ccc(-c6ccc(-c7cccc8ccccc78)cc6)cc5)cc4)ccc32)cc1. The summed E-state index contributed by atoms with van der Waals surface area (Å²) in [5.74, 6) is 0. The van der Waals surface area contributed by atoms with E-state index in [-0.39, 0.29) is 0 Å². The molecule has 0 amide bonds. The van der Waals surface area contributed by atoms with Crippen molar-refractivity contribution in [2.45, 2.75) is 0 Å². The number of hydrogen-bond acceptors (Lipinski definition) is 2. The molecule has 0 atom stereocenters. The van der Waals surface area contributed by atoms with Gasteiger partial charge >= 0.3 is 0 Å². The van der Waals surface area contributed by atoms with Crippen LogP contribution in [0.15, 0.2) is 479 Å². The molecule has 2 heterocycles. The molecule has 0 fully saturated rings. The predicted molar refractivity (Wildman–Crippen MR) is 519 cm³/mol. The van der Waals surface area contributed by atoms with Crippen molar-refractivity contribution in [1.82, 2.24) is 9.13 Å². The number of aromatic nitrogens is 2. The molecule has 0 aliphatic rings. The van der Waals surface area contributed by atoms with Crippen molar-refractivity contribution in [3.8, 4) is 100 Å². The molecule has 0 aliphatic carbocycles. The van der Waals surface area contributed by atoms with Crippen molar-refractivity contribution in [3.05, 3.63) is 479 Å². The average molecular weight is 1550 g/mol. The molecule has 4 heteroatoms. The lowest BCUT2D eigenvalue weighted by Crippen LogP contribution is -2.09. The van der Waals surface area contributed by atoms with E-state index in [9.17, 15) is 0 Å². The number of nitrogens with zero attached hydrogens (tertiary/aromatic N) is 3. The number of hydrogen-bond donors (Lipinski definition) is 1. The zero-order valence-corrected chi connectivity index (χ0v) is 67.0. The zero-order chi connectivity index (χ0) is 80.8. The monoisotopic (exact) mass is 1550 g/mol. The molecule has 0 saturated heterocycles. The molecule has 0 aliphatic heterocycles. The van der Waals surface area contributed by atoms with Gasteiger partial charge < -0.3 is 19.4 Å². The van der Waals surface area contributed by atoms with E-state index >= 15 is 0 Å². The van der Waals surface area contributed by atoms with Crippen molar-refractivity contribution in [2.24, 2.45) is 0 Å². The van der Waals surface area contributed by atoms with Gasteiger partial charge in [-0.15, -0.1) is 0 Å². The standard InChI is InChI=1S/C72H48N2.C46H32N2/c1-3-17-54(18-4-1)71-64-24-9-11-26-66(64)72(67-27-12-10-25-65(67)71)55-38-45-60(46-39-55)73(58-41-34-50(35-42-58)49-30-32-53(33-31-49)62-28-15-19-52-16-7-8-22-61(52)62)59-43-36-51(37-44-59)56-40-47-70-68(48-56)63-23-13-14-29-69(63)74(70)57-20-5-2-6-21-57;1-2-11-40(12-3-1)48-45-16-7-6-14-43(45)44-31-37(25-30-46(44)48)34-23-28-39(29-24-34)47-38-26-21-33(22-27-38)32-17-19-36(20-18-32)42-15-8-10-35-9-4-5-13-41(35)42/h1-48H;1-31,47H. The van der Waals surface area contributed by atoms with E-state index in [4.69, 9.17) is 0 Å². The Morgan fingerprint density at radius 2 is 0.426 bits per heavy atom. The van der Waals surface area contributed by atoms with Crippen molar-refractivity contribution >= 4 is 115 Å². The van der Waals surface area contributed by atoms with Gasteiger partial charge in [-0.25, -0.2) is 0 Å². The fourth-order valence-corrected chi connectivity index (χ4v) is 18.5. The molecular formula is C118H80N4. The van der Waals surface area contributed by atoms with Gasteiger partial charge in [0.25, 0.3) is 0 Å². The van der Waals surface area contributed by atoms with Crippen molar-refractivity contribution in [3.63, 3.8) is 0 Å². The molecule has 23 rings (SSSR count). The molecule has 2 aromatic heterocycles. The number of para-hydroxylation sites is 4. The Bertz CT molecular complexity index is 7740. The molecule has 0 radical (unpaired) electrons. The minimum Gasteiger partial charge on any atom is -0.356 e. The lowest BCUT2D eigenvalue weighted by Gasteiger charge is -2.26. The maximum absolute atomic E-state index is 3.58. The Hall–Kier alpha value is -16.1. The lowest BCUT2D eigenvalue weighted by atomic mass is 9.86. The molecule has 23 aromatic rings. The number of rotatable bonds is 15. The third kappa shape index (κ3) is 13.4. The summed E-state index contributed by atoms with van der Waals surface area (Å²) < 4.78 is 4.73. The second kappa shape index (κ2) is 31.4. The van der Waals surface area contributed by atoms with E-state index < -0.39 is 0 Å². The molecule has 4 nitrogen and oxygen atoms in total. The van der Waals surface area contributed by atoms with Crippen LogP contribution < -0.4 is 10.2 Å². The Labute approximate surface area is 709 Å². The summed E-state index contributed by atoms with van der Waals surface area (Å²) >= 11 is 0. The minimum atomic E-state index is 1.06. The van der Waals surface area contributed by atoms with Crippen LogP contribution in [0.2, 0.25) is 0 Å². The van der Waals surface area contributed by atoms with Gasteiger partial charge in [-0.05, 0) is 253 Å². The lowest BCUT2D eigenvalue weighted by molar-refractivity contribution is 1.18. The van der Waals surface area contributed by atoms with E-state index in [1.807, 2.05) is 0 Å². The first-order chi connectivity index (χ1) is 60.5. The topological polar surface area (TPSA) is 25.1 Å². The molecule has 0 spiro atoms. The highest BCUT2D eigenvalue weighted by molar-refractivity contribution is 6.22. The second-order valence-electron chi connectivity index (χ2n) is 31.5. The van der Waals surface area contributed by atoms with Crippen LogP contribution in [0.1, 0.15) is 0 Å². The van der Waals surface area contributed by atoms with Gasteiger partial charge in [-0.1, -0.05) is 358 Å². The summed E-state index contributed by atoms with van der Waals surface area (Å²) in [5, 5.41) is 18.7. The van der Waals surface area contributed by atoms with E-state index in [0.29, 0.717) is 0 Å². The van der Waals surface area contributed by atoms with E-state index in [1.54, 1.807) is 0 Å². The first-order valence-electron chi connectivity index (χ1n) is 41.9. The Balaban J connectivity index is 0.000000160. The summed E-state index contributed by atoms with van der Waals surface area (Å²) in [4.78, 5) is 2.38. The van der Waals surface area contributed by atoms with Crippen molar-refractivity contribution in [1.29, 1.82) is 0 Å². The van der Waals surface area contributed by atoms with E-state index in [0.717, 1.165) is 34.1 Å². The Morgan fingerprint density at radius 3 is 0.811 bits per heavy atom. The van der Waals surface area contributed by atoms with Gasteiger partial charge in [0.1, 0.15) is 0 Å². The molecule has 21 aromatic carbocycles. The van der Waals surface area contributed by atoms with Crippen molar-refractivity contribution in [2.75, 3.05) is 10.2 Å². The molecule has 0 bridgehead atoms. The Morgan fingerprint density at radius 1 is 0.164 bits per heavy atom. The summed E-state index contributed by atoms with van der Waals surface area (Å²) in [6.45, 7) is 0. The van der Waals surface area contributed by atoms with Crippen LogP contribution >= 0.6 is 0 Å². The normalized spacial score (nSPS) is 11.4. The minimum absolute atomic E-state index is 1.06. The maximum atomic E-state index is 3.58. The molecule has 0 unspecified atom stereocenters.